The third kappa shape index (κ3) is 3.13. The second kappa shape index (κ2) is 6.37. The lowest BCUT2D eigenvalue weighted by atomic mass is 10.1. The van der Waals surface area contributed by atoms with Crippen molar-refractivity contribution in [3.8, 4) is 0 Å². The Kier molecular flexibility index (Phi) is 4.99. The van der Waals surface area contributed by atoms with Gasteiger partial charge >= 0.3 is 0 Å². The Morgan fingerprint density at radius 1 is 1.25 bits per heavy atom. The summed E-state index contributed by atoms with van der Waals surface area (Å²) < 4.78 is 53.3. The van der Waals surface area contributed by atoms with Crippen molar-refractivity contribution in [1.82, 2.24) is 4.31 Å². The highest BCUT2D eigenvalue weighted by Crippen LogP contribution is 2.27. The summed E-state index contributed by atoms with van der Waals surface area (Å²) in [5, 5.41) is 0. The molecule has 1 aliphatic rings. The van der Waals surface area contributed by atoms with Crippen LogP contribution >= 0.6 is 11.6 Å². The largest absolute Gasteiger partial charge is 0.246 e. The quantitative estimate of drug-likeness (QED) is 0.801. The van der Waals surface area contributed by atoms with Crippen LogP contribution in [-0.2, 0) is 10.0 Å². The molecule has 2 rings (SSSR count). The van der Waals surface area contributed by atoms with Gasteiger partial charge in [0.1, 0.15) is 16.5 Å². The Morgan fingerprint density at radius 3 is 2.70 bits per heavy atom. The molecule has 0 aromatic heterocycles. The molecule has 1 aromatic rings. The molecule has 20 heavy (non-hydrogen) atoms. The second-order valence-corrected chi connectivity index (χ2v) is 7.02. The summed E-state index contributed by atoms with van der Waals surface area (Å²) in [6.07, 6.45) is 3.13. The predicted molar refractivity (Wildman–Crippen MR) is 73.2 cm³/mol. The lowest BCUT2D eigenvalue weighted by molar-refractivity contribution is 0.343. The van der Waals surface area contributed by atoms with Gasteiger partial charge in [0.15, 0.2) is 0 Å². The highest BCUT2D eigenvalue weighted by atomic mass is 35.5. The molecule has 1 aromatic carbocycles. The molecule has 1 fully saturated rings. The van der Waals surface area contributed by atoms with Crippen LogP contribution in [0.3, 0.4) is 0 Å². The smallest absolute Gasteiger partial charge is 0.207 e. The fourth-order valence-electron chi connectivity index (χ4n) is 2.42. The Labute approximate surface area is 122 Å². The predicted octanol–water partition coefficient (Wildman–Crippen LogP) is 3.14. The summed E-state index contributed by atoms with van der Waals surface area (Å²) in [6, 6.07) is 2.08. The molecule has 0 saturated carbocycles. The second-order valence-electron chi connectivity index (χ2n) is 4.85. The molecule has 7 heteroatoms. The Balaban J connectivity index is 2.44. The van der Waals surface area contributed by atoms with E-state index in [1.54, 1.807) is 0 Å². The van der Waals surface area contributed by atoms with Crippen LogP contribution in [-0.4, -0.2) is 31.2 Å². The van der Waals surface area contributed by atoms with Crippen molar-refractivity contribution < 1.29 is 17.2 Å². The highest BCUT2D eigenvalue weighted by molar-refractivity contribution is 7.89. The van der Waals surface area contributed by atoms with Crippen molar-refractivity contribution >= 4 is 21.6 Å². The molecule has 1 saturated heterocycles. The monoisotopic (exact) mass is 323 g/mol. The minimum atomic E-state index is -4.07. The zero-order valence-corrected chi connectivity index (χ0v) is 12.4. The normalized spacial score (nSPS) is 21.6. The van der Waals surface area contributed by atoms with Gasteiger partial charge in [-0.1, -0.05) is 12.8 Å². The van der Waals surface area contributed by atoms with Crippen molar-refractivity contribution in [2.24, 2.45) is 0 Å². The summed E-state index contributed by atoms with van der Waals surface area (Å²) in [6.45, 7) is 0.287. The molecule has 1 heterocycles. The van der Waals surface area contributed by atoms with Crippen molar-refractivity contribution in [2.75, 3.05) is 12.4 Å². The van der Waals surface area contributed by atoms with Crippen LogP contribution in [0, 0.1) is 11.6 Å². The van der Waals surface area contributed by atoms with Crippen molar-refractivity contribution in [2.45, 2.75) is 36.6 Å². The molecule has 0 bridgehead atoms. The number of hydrogen-bond donors (Lipinski definition) is 0. The van der Waals surface area contributed by atoms with Gasteiger partial charge in [-0.05, 0) is 31.0 Å². The van der Waals surface area contributed by atoms with Crippen molar-refractivity contribution in [3.05, 3.63) is 29.8 Å². The topological polar surface area (TPSA) is 37.4 Å². The first-order valence-corrected chi connectivity index (χ1v) is 8.47. The van der Waals surface area contributed by atoms with Gasteiger partial charge in [-0.2, -0.15) is 4.31 Å². The van der Waals surface area contributed by atoms with E-state index >= 15 is 0 Å². The molecule has 1 atom stereocenters. The van der Waals surface area contributed by atoms with Gasteiger partial charge in [-0.3, -0.25) is 0 Å². The number of rotatable bonds is 3. The van der Waals surface area contributed by atoms with E-state index in [-0.39, 0.29) is 18.5 Å². The van der Waals surface area contributed by atoms with E-state index in [9.17, 15) is 17.2 Å². The number of nitrogens with zero attached hydrogens (tertiary/aromatic N) is 1. The minimum absolute atomic E-state index is 0.149. The molecular formula is C13H16ClF2NO2S. The van der Waals surface area contributed by atoms with Crippen molar-refractivity contribution in [1.29, 1.82) is 0 Å². The first-order valence-electron chi connectivity index (χ1n) is 6.49. The first-order chi connectivity index (χ1) is 9.46. The van der Waals surface area contributed by atoms with E-state index < -0.39 is 26.6 Å². The van der Waals surface area contributed by atoms with E-state index in [1.165, 1.54) is 4.31 Å². The Hall–Kier alpha value is -0.720. The van der Waals surface area contributed by atoms with Gasteiger partial charge < -0.3 is 0 Å². The van der Waals surface area contributed by atoms with E-state index in [2.05, 4.69) is 0 Å². The van der Waals surface area contributed by atoms with Gasteiger partial charge in [-0.15, -0.1) is 11.6 Å². The third-order valence-corrected chi connectivity index (χ3v) is 5.80. The van der Waals surface area contributed by atoms with Gasteiger partial charge in [0, 0.05) is 18.5 Å². The molecule has 1 aliphatic heterocycles. The summed E-state index contributed by atoms with van der Waals surface area (Å²) >= 11 is 5.84. The molecule has 112 valence electrons. The fraction of sp³-hybridized carbons (Fsp3) is 0.538. The SMILES string of the molecule is O=S(=O)(c1cc(F)ccc1F)N1CCCCCC1CCl. The van der Waals surface area contributed by atoms with Crippen LogP contribution in [0.15, 0.2) is 23.1 Å². The highest BCUT2D eigenvalue weighted by Gasteiger charge is 2.33. The first kappa shape index (κ1) is 15.7. The van der Waals surface area contributed by atoms with Gasteiger partial charge in [0.25, 0.3) is 0 Å². The molecule has 0 spiro atoms. The molecule has 0 amide bonds. The third-order valence-electron chi connectivity index (χ3n) is 3.48. The van der Waals surface area contributed by atoms with Crippen LogP contribution < -0.4 is 0 Å². The zero-order valence-electron chi connectivity index (χ0n) is 10.9. The van der Waals surface area contributed by atoms with Gasteiger partial charge in [0.2, 0.25) is 10.0 Å². The standard InChI is InChI=1S/C13H16ClF2NO2S/c14-9-11-4-2-1-3-7-17(11)20(18,19)13-8-10(15)5-6-12(13)16/h5-6,8,11H,1-4,7,9H2. The maximum Gasteiger partial charge on any atom is 0.246 e. The number of benzene rings is 1. The fourth-order valence-corrected chi connectivity index (χ4v) is 4.60. The number of hydrogen-bond acceptors (Lipinski definition) is 2. The molecular weight excluding hydrogens is 308 g/mol. The van der Waals surface area contributed by atoms with Gasteiger partial charge in [0.05, 0.1) is 0 Å². The minimum Gasteiger partial charge on any atom is -0.207 e. The number of sulfonamides is 1. The van der Waals surface area contributed by atoms with E-state index in [0.29, 0.717) is 12.8 Å². The number of halogens is 3. The summed E-state index contributed by atoms with van der Waals surface area (Å²) in [5.74, 6) is -1.57. The van der Waals surface area contributed by atoms with Crippen LogP contribution in [0.4, 0.5) is 8.78 Å². The van der Waals surface area contributed by atoms with E-state index in [0.717, 1.165) is 31.0 Å². The average molecular weight is 324 g/mol. The lowest BCUT2D eigenvalue weighted by Crippen LogP contribution is -2.41. The lowest BCUT2D eigenvalue weighted by Gasteiger charge is -2.27. The summed E-state index contributed by atoms with van der Waals surface area (Å²) in [4.78, 5) is -0.616. The molecule has 1 unspecified atom stereocenters. The Morgan fingerprint density at radius 2 is 2.00 bits per heavy atom. The maximum absolute atomic E-state index is 13.7. The van der Waals surface area contributed by atoms with Crippen molar-refractivity contribution in [3.63, 3.8) is 0 Å². The maximum atomic E-state index is 13.7. The Bertz CT molecular complexity index is 580. The average Bonchev–Trinajstić information content (AvgIpc) is 2.66. The van der Waals surface area contributed by atoms with Crippen LogP contribution in [0.5, 0.6) is 0 Å². The number of alkyl halides is 1. The summed E-state index contributed by atoms with van der Waals surface area (Å²) in [7, 11) is -4.07. The van der Waals surface area contributed by atoms with E-state index in [1.807, 2.05) is 0 Å². The zero-order chi connectivity index (χ0) is 14.8. The van der Waals surface area contributed by atoms with Crippen LogP contribution in [0.25, 0.3) is 0 Å². The summed E-state index contributed by atoms with van der Waals surface area (Å²) in [5.41, 5.74) is 0. The molecule has 0 aliphatic carbocycles. The molecule has 0 radical (unpaired) electrons. The van der Waals surface area contributed by atoms with Crippen LogP contribution in [0.2, 0.25) is 0 Å². The van der Waals surface area contributed by atoms with E-state index in [4.69, 9.17) is 11.6 Å². The molecule has 0 N–H and O–H groups in total. The van der Waals surface area contributed by atoms with Gasteiger partial charge in [-0.25, -0.2) is 17.2 Å². The molecule has 3 nitrogen and oxygen atoms in total. The van der Waals surface area contributed by atoms with Crippen LogP contribution in [0.1, 0.15) is 25.7 Å².